The lowest BCUT2D eigenvalue weighted by Crippen LogP contribution is -2.22. The highest BCUT2D eigenvalue weighted by Crippen LogP contribution is 2.29. The van der Waals surface area contributed by atoms with Crippen LogP contribution in [0.25, 0.3) is 6.08 Å². The largest absolute Gasteiger partial charge is 0.496 e. The first-order chi connectivity index (χ1) is 11.2. The van der Waals surface area contributed by atoms with E-state index in [9.17, 15) is 4.79 Å². The van der Waals surface area contributed by atoms with Crippen molar-refractivity contribution in [3.8, 4) is 5.75 Å². The average Bonchev–Trinajstić information content (AvgIpc) is 2.88. The number of aryl methyl sites for hydroxylation is 1. The molecular formula is C18H22N2O2S. The summed E-state index contributed by atoms with van der Waals surface area (Å²) in [5.41, 5.74) is 2.06. The molecule has 1 aliphatic carbocycles. The summed E-state index contributed by atoms with van der Waals surface area (Å²) in [7, 11) is 1.66. The van der Waals surface area contributed by atoms with Crippen molar-refractivity contribution in [1.29, 1.82) is 0 Å². The summed E-state index contributed by atoms with van der Waals surface area (Å²) in [6, 6.07) is 6.28. The minimum atomic E-state index is -0.0574. The van der Waals surface area contributed by atoms with E-state index in [1.54, 1.807) is 7.11 Å². The van der Waals surface area contributed by atoms with Crippen molar-refractivity contribution in [3.63, 3.8) is 0 Å². The number of carbonyl (C=O) groups is 1. The number of amidine groups is 1. The Hall–Kier alpha value is -1.75. The van der Waals surface area contributed by atoms with Crippen molar-refractivity contribution < 1.29 is 9.53 Å². The highest BCUT2D eigenvalue weighted by atomic mass is 32.2. The fourth-order valence-electron chi connectivity index (χ4n) is 3.01. The third-order valence-electron chi connectivity index (χ3n) is 4.24. The predicted molar refractivity (Wildman–Crippen MR) is 95.7 cm³/mol. The van der Waals surface area contributed by atoms with Gasteiger partial charge >= 0.3 is 0 Å². The summed E-state index contributed by atoms with van der Waals surface area (Å²) in [5.74, 6) is 0.799. The molecule has 1 heterocycles. The molecule has 0 radical (unpaired) electrons. The number of thioether (sulfide) groups is 1. The Morgan fingerprint density at radius 3 is 2.78 bits per heavy atom. The highest BCUT2D eigenvalue weighted by Gasteiger charge is 2.25. The monoisotopic (exact) mass is 330 g/mol. The van der Waals surface area contributed by atoms with E-state index in [1.807, 2.05) is 31.2 Å². The maximum absolute atomic E-state index is 12.1. The van der Waals surface area contributed by atoms with Gasteiger partial charge in [-0.05, 0) is 60.9 Å². The second-order valence-corrected chi connectivity index (χ2v) is 7.05. The fraction of sp³-hybridized carbons (Fsp3) is 0.444. The van der Waals surface area contributed by atoms with E-state index in [4.69, 9.17) is 9.73 Å². The van der Waals surface area contributed by atoms with E-state index in [2.05, 4.69) is 5.32 Å². The third-order valence-corrected chi connectivity index (χ3v) is 5.17. The summed E-state index contributed by atoms with van der Waals surface area (Å²) >= 11 is 1.44. The van der Waals surface area contributed by atoms with Gasteiger partial charge in [0.1, 0.15) is 5.75 Å². The normalized spacial score (nSPS) is 22.6. The summed E-state index contributed by atoms with van der Waals surface area (Å²) in [4.78, 5) is 17.5. The molecule has 1 aliphatic heterocycles. The van der Waals surface area contributed by atoms with Crippen LogP contribution in [0.5, 0.6) is 5.75 Å². The Kier molecular flexibility index (Phi) is 5.06. The lowest BCUT2D eigenvalue weighted by Gasteiger charge is -2.17. The van der Waals surface area contributed by atoms with E-state index < -0.39 is 0 Å². The number of nitrogens with one attached hydrogen (secondary N) is 1. The van der Waals surface area contributed by atoms with Crippen LogP contribution in [-0.2, 0) is 4.79 Å². The van der Waals surface area contributed by atoms with Crippen LogP contribution in [0, 0.1) is 6.92 Å². The van der Waals surface area contributed by atoms with Crippen LogP contribution in [0.1, 0.15) is 43.2 Å². The molecule has 2 fully saturated rings. The van der Waals surface area contributed by atoms with Gasteiger partial charge in [-0.3, -0.25) is 9.79 Å². The van der Waals surface area contributed by atoms with Gasteiger partial charge in [-0.15, -0.1) is 0 Å². The van der Waals surface area contributed by atoms with Gasteiger partial charge in [-0.25, -0.2) is 0 Å². The number of aliphatic imine (C=N–C) groups is 1. The Morgan fingerprint density at radius 2 is 2.09 bits per heavy atom. The second-order valence-electron chi connectivity index (χ2n) is 6.02. The van der Waals surface area contributed by atoms with Crippen LogP contribution in [0.3, 0.4) is 0 Å². The van der Waals surface area contributed by atoms with Crippen molar-refractivity contribution >= 4 is 28.9 Å². The molecule has 1 aromatic carbocycles. The second kappa shape index (κ2) is 7.21. The van der Waals surface area contributed by atoms with Crippen LogP contribution in [0.2, 0.25) is 0 Å². The molecule has 1 saturated carbocycles. The number of carbonyl (C=O) groups excluding carboxylic acids is 1. The molecule has 1 amide bonds. The van der Waals surface area contributed by atoms with E-state index >= 15 is 0 Å². The van der Waals surface area contributed by atoms with Crippen LogP contribution in [0.4, 0.5) is 0 Å². The lowest BCUT2D eigenvalue weighted by molar-refractivity contribution is -0.115. The minimum absolute atomic E-state index is 0.0574. The zero-order valence-electron chi connectivity index (χ0n) is 13.6. The van der Waals surface area contributed by atoms with E-state index in [1.165, 1.54) is 31.0 Å². The van der Waals surface area contributed by atoms with Gasteiger partial charge in [0.15, 0.2) is 5.17 Å². The molecule has 0 aromatic heterocycles. The Morgan fingerprint density at radius 1 is 1.30 bits per heavy atom. The average molecular weight is 330 g/mol. The molecular weight excluding hydrogens is 308 g/mol. The molecule has 3 rings (SSSR count). The number of amides is 1. The van der Waals surface area contributed by atoms with Gasteiger partial charge < -0.3 is 10.1 Å². The van der Waals surface area contributed by atoms with Crippen molar-refractivity contribution in [2.75, 3.05) is 7.11 Å². The van der Waals surface area contributed by atoms with Crippen LogP contribution in [0.15, 0.2) is 28.1 Å². The topological polar surface area (TPSA) is 50.7 Å². The standard InChI is InChI=1S/C18H22N2O2S/c1-12-10-13(8-9-15(12)22-2)11-16-17(21)20-18(23-16)19-14-6-4-3-5-7-14/h8-11,14H,3-7H2,1-2H3,(H,19,20,21)/b16-11+. The number of hydrogen-bond donors (Lipinski definition) is 1. The number of ether oxygens (including phenoxy) is 1. The van der Waals surface area contributed by atoms with Gasteiger partial charge in [-0.2, -0.15) is 0 Å². The van der Waals surface area contributed by atoms with E-state index in [0.29, 0.717) is 10.9 Å². The molecule has 0 bridgehead atoms. The molecule has 23 heavy (non-hydrogen) atoms. The Labute approximate surface area is 141 Å². The highest BCUT2D eigenvalue weighted by molar-refractivity contribution is 8.18. The van der Waals surface area contributed by atoms with Crippen molar-refractivity contribution in [2.24, 2.45) is 4.99 Å². The number of rotatable bonds is 3. The number of nitrogens with zero attached hydrogens (tertiary/aromatic N) is 1. The summed E-state index contributed by atoms with van der Waals surface area (Å²) in [6.07, 6.45) is 7.98. The molecule has 0 atom stereocenters. The molecule has 1 aromatic rings. The van der Waals surface area contributed by atoms with Gasteiger partial charge in [-0.1, -0.05) is 25.3 Å². The Balaban J connectivity index is 1.74. The molecule has 4 nitrogen and oxygen atoms in total. The third kappa shape index (κ3) is 3.96. The van der Waals surface area contributed by atoms with E-state index in [0.717, 1.165) is 34.9 Å². The molecule has 1 saturated heterocycles. The van der Waals surface area contributed by atoms with Gasteiger partial charge in [0.05, 0.1) is 18.1 Å². The summed E-state index contributed by atoms with van der Waals surface area (Å²) in [6.45, 7) is 2.00. The quantitative estimate of drug-likeness (QED) is 0.855. The van der Waals surface area contributed by atoms with E-state index in [-0.39, 0.29) is 5.91 Å². The van der Waals surface area contributed by atoms with Crippen LogP contribution >= 0.6 is 11.8 Å². The van der Waals surface area contributed by atoms with Crippen molar-refractivity contribution in [2.45, 2.75) is 45.1 Å². The summed E-state index contributed by atoms with van der Waals surface area (Å²) < 4.78 is 5.27. The molecule has 0 spiro atoms. The first-order valence-corrected chi connectivity index (χ1v) is 8.90. The molecule has 1 N–H and O–H groups in total. The zero-order valence-corrected chi connectivity index (χ0v) is 14.4. The van der Waals surface area contributed by atoms with Gasteiger partial charge in [0, 0.05) is 0 Å². The summed E-state index contributed by atoms with van der Waals surface area (Å²) in [5, 5.41) is 3.64. The maximum Gasteiger partial charge on any atom is 0.264 e. The van der Waals surface area contributed by atoms with Crippen molar-refractivity contribution in [3.05, 3.63) is 34.2 Å². The smallest absolute Gasteiger partial charge is 0.264 e. The predicted octanol–water partition coefficient (Wildman–Crippen LogP) is 3.90. The van der Waals surface area contributed by atoms with Crippen molar-refractivity contribution in [1.82, 2.24) is 5.32 Å². The van der Waals surface area contributed by atoms with Gasteiger partial charge in [0.2, 0.25) is 0 Å². The minimum Gasteiger partial charge on any atom is -0.496 e. The fourth-order valence-corrected chi connectivity index (χ4v) is 3.90. The number of benzene rings is 1. The first-order valence-electron chi connectivity index (χ1n) is 8.09. The Bertz CT molecular complexity index is 661. The number of methoxy groups -OCH3 is 1. The van der Waals surface area contributed by atoms with Crippen LogP contribution in [-0.4, -0.2) is 24.2 Å². The SMILES string of the molecule is COc1ccc(/C=C2/SC(=NC3CCCCC3)NC2=O)cc1C. The maximum atomic E-state index is 12.1. The van der Waals surface area contributed by atoms with Gasteiger partial charge in [0.25, 0.3) is 5.91 Å². The van der Waals surface area contributed by atoms with Crippen LogP contribution < -0.4 is 10.1 Å². The first kappa shape index (κ1) is 16.1. The molecule has 0 unspecified atom stereocenters. The number of hydrogen-bond acceptors (Lipinski definition) is 4. The molecule has 122 valence electrons. The molecule has 2 aliphatic rings. The molecule has 5 heteroatoms. The lowest BCUT2D eigenvalue weighted by atomic mass is 9.96. The zero-order chi connectivity index (χ0) is 16.2.